The Bertz CT molecular complexity index is 403. The first-order valence-electron chi connectivity index (χ1n) is 6.20. The number of carbonyl (C=O) groups is 2. The fraction of sp³-hybridized carbons (Fsp3) is 0.818. The third-order valence-corrected chi connectivity index (χ3v) is 9.72. The van der Waals surface area contributed by atoms with Crippen LogP contribution in [0.1, 0.15) is 27.2 Å². The van der Waals surface area contributed by atoms with Gasteiger partial charge in [-0.2, -0.15) is 0 Å². The summed E-state index contributed by atoms with van der Waals surface area (Å²) < 4.78 is 23.8. The maximum Gasteiger partial charge on any atom is 0.416 e. The van der Waals surface area contributed by atoms with Gasteiger partial charge in [0.1, 0.15) is 6.61 Å². The van der Waals surface area contributed by atoms with Gasteiger partial charge in [-0.3, -0.25) is 4.57 Å². The van der Waals surface area contributed by atoms with Gasteiger partial charge in [0.05, 0.1) is 7.11 Å². The van der Waals surface area contributed by atoms with Gasteiger partial charge in [-0.25, -0.2) is 14.3 Å². The first-order valence-corrected chi connectivity index (χ1v) is 9.52. The zero-order valence-electron chi connectivity index (χ0n) is 11.6. The monoisotopic (exact) mass is 309 g/mol. The highest BCUT2D eigenvalue weighted by molar-refractivity contribution is 8.57. The summed E-state index contributed by atoms with van der Waals surface area (Å²) in [5.41, 5.74) is -0.199. The topological polar surface area (TPSA) is 72.9 Å². The van der Waals surface area contributed by atoms with Gasteiger partial charge in [0, 0.05) is 5.66 Å². The summed E-state index contributed by atoms with van der Waals surface area (Å²) in [7, 11) is 1.24. The average Bonchev–Trinajstić information content (AvgIpc) is 2.79. The Hall–Kier alpha value is -0.680. The summed E-state index contributed by atoms with van der Waals surface area (Å²) in [6.45, 7) is 2.43. The molecule has 0 N–H and O–H groups in total. The van der Waals surface area contributed by atoms with E-state index in [2.05, 4.69) is 4.74 Å². The Balaban J connectivity index is 3.14. The Kier molecular flexibility index (Phi) is 5.74. The van der Waals surface area contributed by atoms with E-state index >= 15 is 0 Å². The molecule has 110 valence electrons. The van der Waals surface area contributed by atoms with Crippen molar-refractivity contribution in [2.45, 2.75) is 38.9 Å². The minimum atomic E-state index is -3.06. The van der Waals surface area contributed by atoms with E-state index in [4.69, 9.17) is 4.74 Å². The first-order chi connectivity index (χ1) is 8.92. The fourth-order valence-corrected chi connectivity index (χ4v) is 7.55. The predicted octanol–water partition coefficient (Wildman–Crippen LogP) is 2.72. The van der Waals surface area contributed by atoms with Crippen LogP contribution in [0.25, 0.3) is 0 Å². The van der Waals surface area contributed by atoms with Crippen molar-refractivity contribution in [2.75, 3.05) is 19.5 Å². The van der Waals surface area contributed by atoms with Crippen LogP contribution in [0, 0.1) is 0 Å². The molecule has 1 rings (SSSR count). The minimum Gasteiger partial charge on any atom is -0.467 e. The number of rotatable bonds is 6. The number of nitrogens with zero attached hydrogens (tertiary/aromatic N) is 1. The van der Waals surface area contributed by atoms with Crippen molar-refractivity contribution in [2.24, 2.45) is 0 Å². The lowest BCUT2D eigenvalue weighted by molar-refractivity contribution is -0.144. The molecule has 0 bridgehead atoms. The molecular formula is C11H20NO5PS. The van der Waals surface area contributed by atoms with Gasteiger partial charge in [0.15, 0.2) is 6.04 Å². The highest BCUT2D eigenvalue weighted by atomic mass is 32.7. The Labute approximate surface area is 117 Å². The molecule has 0 saturated carbocycles. The van der Waals surface area contributed by atoms with Crippen LogP contribution in [-0.2, 0) is 18.8 Å². The van der Waals surface area contributed by atoms with Crippen molar-refractivity contribution in [3.8, 4) is 0 Å². The minimum absolute atomic E-state index is 0.101. The number of cyclic esters (lactones) is 1. The Morgan fingerprint density at radius 1 is 1.63 bits per heavy atom. The standard InChI is InChI=1S/C11H20NO5PS/c1-5-8(3)18(15,19-6-2)12-9(10(13)16-4)7-17-11(12)14/h8-9H,5-7H2,1-4H3. The quantitative estimate of drug-likeness (QED) is 0.555. The Morgan fingerprint density at radius 3 is 2.74 bits per heavy atom. The van der Waals surface area contributed by atoms with Crippen LogP contribution in [0.2, 0.25) is 0 Å². The number of carbonyl (C=O) groups excluding carboxylic acids is 2. The van der Waals surface area contributed by atoms with Crippen molar-refractivity contribution < 1.29 is 23.6 Å². The molecule has 0 aromatic heterocycles. The molecule has 1 aliphatic heterocycles. The molecule has 0 spiro atoms. The highest BCUT2D eigenvalue weighted by Crippen LogP contribution is 2.67. The molecular weight excluding hydrogens is 289 g/mol. The molecule has 0 aliphatic carbocycles. The molecule has 1 saturated heterocycles. The van der Waals surface area contributed by atoms with Crippen molar-refractivity contribution in [1.29, 1.82) is 0 Å². The smallest absolute Gasteiger partial charge is 0.416 e. The van der Waals surface area contributed by atoms with Gasteiger partial charge in [0.25, 0.3) is 0 Å². The molecule has 1 heterocycles. The van der Waals surface area contributed by atoms with Gasteiger partial charge >= 0.3 is 12.1 Å². The third kappa shape index (κ3) is 3.08. The molecule has 0 aromatic rings. The molecule has 6 nitrogen and oxygen atoms in total. The molecule has 3 unspecified atom stereocenters. The second-order valence-electron chi connectivity index (χ2n) is 4.20. The van der Waals surface area contributed by atoms with Crippen molar-refractivity contribution in [3.63, 3.8) is 0 Å². The van der Waals surface area contributed by atoms with Gasteiger partial charge in [0.2, 0.25) is 6.49 Å². The van der Waals surface area contributed by atoms with Crippen LogP contribution in [0.4, 0.5) is 4.79 Å². The first kappa shape index (κ1) is 16.4. The molecule has 1 aliphatic rings. The summed E-state index contributed by atoms with van der Waals surface area (Å²) in [4.78, 5) is 23.6. The second kappa shape index (κ2) is 6.66. The van der Waals surface area contributed by atoms with Crippen LogP contribution in [-0.4, -0.2) is 47.9 Å². The van der Waals surface area contributed by atoms with E-state index in [1.165, 1.54) is 18.5 Å². The Morgan fingerprint density at radius 2 is 2.26 bits per heavy atom. The number of methoxy groups -OCH3 is 1. The van der Waals surface area contributed by atoms with Gasteiger partial charge in [-0.1, -0.05) is 32.2 Å². The lowest BCUT2D eigenvalue weighted by Gasteiger charge is -2.32. The normalized spacial score (nSPS) is 23.7. The van der Waals surface area contributed by atoms with E-state index in [0.717, 1.165) is 4.67 Å². The summed E-state index contributed by atoms with van der Waals surface area (Å²) in [6, 6.07) is -0.906. The number of ether oxygens (including phenoxy) is 2. The van der Waals surface area contributed by atoms with Gasteiger partial charge in [-0.05, 0) is 12.2 Å². The van der Waals surface area contributed by atoms with Crippen LogP contribution in [0.3, 0.4) is 0 Å². The van der Waals surface area contributed by atoms with E-state index in [1.54, 1.807) is 0 Å². The molecule has 8 heteroatoms. The van der Waals surface area contributed by atoms with Crippen molar-refractivity contribution in [3.05, 3.63) is 0 Å². The molecule has 1 fully saturated rings. The number of hydrogen-bond acceptors (Lipinski definition) is 6. The van der Waals surface area contributed by atoms with Crippen LogP contribution >= 0.6 is 17.9 Å². The van der Waals surface area contributed by atoms with Crippen LogP contribution < -0.4 is 0 Å². The fourth-order valence-electron chi connectivity index (χ4n) is 1.84. The van der Waals surface area contributed by atoms with Gasteiger partial charge in [-0.15, -0.1) is 0 Å². The van der Waals surface area contributed by atoms with Crippen molar-refractivity contribution in [1.82, 2.24) is 4.67 Å². The highest BCUT2D eigenvalue weighted by Gasteiger charge is 2.51. The zero-order chi connectivity index (χ0) is 14.6. The SMILES string of the molecule is CCSP(=O)(C(C)CC)N1C(=O)OCC1C(=O)OC. The van der Waals surface area contributed by atoms with Crippen molar-refractivity contribution >= 4 is 29.9 Å². The molecule has 19 heavy (non-hydrogen) atoms. The van der Waals surface area contributed by atoms with Gasteiger partial charge < -0.3 is 9.47 Å². The molecule has 3 atom stereocenters. The molecule has 0 aromatic carbocycles. The number of amides is 1. The summed E-state index contributed by atoms with van der Waals surface area (Å²) in [6.07, 6.45) is -0.0397. The largest absolute Gasteiger partial charge is 0.467 e. The summed E-state index contributed by atoms with van der Waals surface area (Å²) in [5, 5.41) is 0. The summed E-state index contributed by atoms with van der Waals surface area (Å²) >= 11 is 1.22. The molecule has 1 amide bonds. The summed E-state index contributed by atoms with van der Waals surface area (Å²) in [5.74, 6) is 0.00493. The van der Waals surface area contributed by atoms with E-state index in [0.29, 0.717) is 12.2 Å². The van der Waals surface area contributed by atoms with E-state index in [9.17, 15) is 14.2 Å². The number of esters is 1. The second-order valence-corrected chi connectivity index (χ2v) is 9.82. The maximum absolute atomic E-state index is 13.2. The average molecular weight is 309 g/mol. The number of hydrogen-bond donors (Lipinski definition) is 0. The van der Waals surface area contributed by atoms with Crippen LogP contribution in [0.15, 0.2) is 0 Å². The van der Waals surface area contributed by atoms with Crippen LogP contribution in [0.5, 0.6) is 0 Å². The molecule has 0 radical (unpaired) electrons. The van der Waals surface area contributed by atoms with E-state index < -0.39 is 24.6 Å². The third-order valence-electron chi connectivity index (χ3n) is 3.08. The van der Waals surface area contributed by atoms with E-state index in [1.807, 2.05) is 20.8 Å². The maximum atomic E-state index is 13.2. The lowest BCUT2D eigenvalue weighted by atomic mass is 10.3. The zero-order valence-corrected chi connectivity index (χ0v) is 13.3. The lowest BCUT2D eigenvalue weighted by Crippen LogP contribution is -2.39. The predicted molar refractivity (Wildman–Crippen MR) is 74.5 cm³/mol. The van der Waals surface area contributed by atoms with E-state index in [-0.39, 0.29) is 12.3 Å².